The Morgan fingerprint density at radius 2 is 2.07 bits per heavy atom. The smallest absolute Gasteiger partial charge is 0.356 e. The first kappa shape index (κ1) is 20.9. The molecule has 1 atom stereocenters. The number of pyridine rings is 1. The minimum Gasteiger partial charge on any atom is -0.476 e. The molecule has 2 aromatic heterocycles. The number of hydrogen-bond acceptors (Lipinski definition) is 6. The minimum absolute atomic E-state index is 0.0889. The van der Waals surface area contributed by atoms with Gasteiger partial charge in [0.2, 0.25) is 5.95 Å². The zero-order valence-corrected chi connectivity index (χ0v) is 17.3. The summed E-state index contributed by atoms with van der Waals surface area (Å²) in [6.45, 7) is 7.41. The summed E-state index contributed by atoms with van der Waals surface area (Å²) in [4.78, 5) is 27.8. The molecule has 1 aromatic carbocycles. The topological polar surface area (TPSA) is 92.4 Å². The van der Waals surface area contributed by atoms with Crippen LogP contribution in [-0.4, -0.2) is 21.8 Å². The van der Waals surface area contributed by atoms with E-state index in [4.69, 9.17) is 4.42 Å². The van der Waals surface area contributed by atoms with Crippen molar-refractivity contribution in [3.63, 3.8) is 0 Å². The highest BCUT2D eigenvalue weighted by Crippen LogP contribution is 2.32. The summed E-state index contributed by atoms with van der Waals surface area (Å²) in [6.07, 6.45) is 0. The van der Waals surface area contributed by atoms with Crippen molar-refractivity contribution in [3.05, 3.63) is 62.8 Å². The fourth-order valence-corrected chi connectivity index (χ4v) is 3.88. The number of nitrogens with zero attached hydrogens (tertiary/aromatic N) is 1. The molecule has 0 radical (unpaired) electrons. The standard InChI is InChI=1S/C21H21FN2O4S/c1-5-29-21-11(3)18(25)14-9-10(2)8-13(19(14)28-21)12(4)23-15-6-7-16(22)24-17(15)20(26)27/h6-9,12,23H,5H2,1-4H3,(H,26,27). The molecule has 29 heavy (non-hydrogen) atoms. The van der Waals surface area contributed by atoms with Crippen molar-refractivity contribution in [1.82, 2.24) is 4.98 Å². The van der Waals surface area contributed by atoms with Crippen molar-refractivity contribution in [2.75, 3.05) is 11.1 Å². The molecule has 0 saturated carbocycles. The van der Waals surface area contributed by atoms with Crippen LogP contribution in [0.25, 0.3) is 11.0 Å². The molecule has 0 saturated heterocycles. The zero-order valence-electron chi connectivity index (χ0n) is 16.5. The van der Waals surface area contributed by atoms with E-state index in [1.54, 1.807) is 13.0 Å². The molecule has 3 rings (SSSR count). The fraction of sp³-hybridized carbons (Fsp3) is 0.286. The number of aryl methyl sites for hydroxylation is 1. The number of fused-ring (bicyclic) bond motifs is 1. The summed E-state index contributed by atoms with van der Waals surface area (Å²) in [7, 11) is 0. The highest BCUT2D eigenvalue weighted by molar-refractivity contribution is 7.99. The number of nitrogens with one attached hydrogen (secondary N) is 1. The monoisotopic (exact) mass is 416 g/mol. The van der Waals surface area contributed by atoms with Gasteiger partial charge in [0.25, 0.3) is 0 Å². The Labute approximate surface area is 171 Å². The lowest BCUT2D eigenvalue weighted by atomic mass is 10.0. The van der Waals surface area contributed by atoms with Gasteiger partial charge in [-0.15, -0.1) is 0 Å². The molecule has 0 amide bonds. The minimum atomic E-state index is -1.34. The van der Waals surface area contributed by atoms with Crippen LogP contribution in [0.4, 0.5) is 10.1 Å². The lowest BCUT2D eigenvalue weighted by Gasteiger charge is -2.19. The Morgan fingerprint density at radius 3 is 2.72 bits per heavy atom. The highest BCUT2D eigenvalue weighted by atomic mass is 32.2. The number of hydrogen-bond donors (Lipinski definition) is 2. The van der Waals surface area contributed by atoms with Crippen LogP contribution in [0.15, 0.2) is 38.6 Å². The Bertz CT molecular complexity index is 1160. The number of rotatable bonds is 6. The van der Waals surface area contributed by atoms with E-state index in [9.17, 15) is 19.1 Å². The maximum Gasteiger partial charge on any atom is 0.356 e. The summed E-state index contributed by atoms with van der Waals surface area (Å²) in [5.41, 5.74) is 2.28. The molecule has 0 aliphatic carbocycles. The lowest BCUT2D eigenvalue weighted by molar-refractivity contribution is 0.0690. The first-order valence-corrected chi connectivity index (χ1v) is 10.1. The molecule has 0 bridgehead atoms. The maximum absolute atomic E-state index is 13.4. The summed E-state index contributed by atoms with van der Waals surface area (Å²) < 4.78 is 19.5. The predicted octanol–water partition coefficient (Wildman–Crippen LogP) is 4.93. The third-order valence-corrected chi connectivity index (χ3v) is 5.47. The number of carbonyl (C=O) groups is 1. The zero-order chi connectivity index (χ0) is 21.3. The Hall–Kier alpha value is -2.87. The Balaban J connectivity index is 2.14. The highest BCUT2D eigenvalue weighted by Gasteiger charge is 2.20. The number of thioether (sulfide) groups is 1. The summed E-state index contributed by atoms with van der Waals surface area (Å²) in [5.74, 6) is -1.45. The van der Waals surface area contributed by atoms with Crippen molar-refractivity contribution in [2.45, 2.75) is 38.8 Å². The van der Waals surface area contributed by atoms with Gasteiger partial charge in [0.05, 0.1) is 17.1 Å². The van der Waals surface area contributed by atoms with Gasteiger partial charge in [0.15, 0.2) is 16.2 Å². The van der Waals surface area contributed by atoms with Crippen molar-refractivity contribution in [2.24, 2.45) is 0 Å². The van der Waals surface area contributed by atoms with Crippen LogP contribution in [0.5, 0.6) is 0 Å². The number of halogens is 1. The molecule has 0 aliphatic rings. The first-order valence-electron chi connectivity index (χ1n) is 9.10. The second-order valence-electron chi connectivity index (χ2n) is 6.71. The summed E-state index contributed by atoms with van der Waals surface area (Å²) >= 11 is 1.45. The number of anilines is 1. The molecule has 0 fully saturated rings. The van der Waals surface area contributed by atoms with E-state index in [2.05, 4.69) is 10.3 Å². The number of benzene rings is 1. The molecule has 2 N–H and O–H groups in total. The number of carboxylic acids is 1. The van der Waals surface area contributed by atoms with E-state index < -0.39 is 23.7 Å². The van der Waals surface area contributed by atoms with Crippen LogP contribution in [0.2, 0.25) is 0 Å². The van der Waals surface area contributed by atoms with Crippen LogP contribution in [-0.2, 0) is 0 Å². The normalized spacial score (nSPS) is 12.2. The van der Waals surface area contributed by atoms with E-state index >= 15 is 0 Å². The van der Waals surface area contributed by atoms with Crippen molar-refractivity contribution >= 4 is 34.4 Å². The lowest BCUT2D eigenvalue weighted by Crippen LogP contribution is -2.15. The van der Waals surface area contributed by atoms with Gasteiger partial charge in [-0.3, -0.25) is 4.79 Å². The quantitative estimate of drug-likeness (QED) is 0.435. The molecule has 3 aromatic rings. The average molecular weight is 416 g/mol. The van der Waals surface area contributed by atoms with Gasteiger partial charge in [-0.1, -0.05) is 24.8 Å². The van der Waals surface area contributed by atoms with Gasteiger partial charge < -0.3 is 14.8 Å². The van der Waals surface area contributed by atoms with Gasteiger partial charge in [-0.2, -0.15) is 4.39 Å². The molecule has 8 heteroatoms. The SMILES string of the molecule is CCSc1oc2c(C(C)Nc3ccc(F)nc3C(=O)O)cc(C)cc2c(=O)c1C. The molecule has 2 heterocycles. The number of aromatic nitrogens is 1. The summed E-state index contributed by atoms with van der Waals surface area (Å²) in [5, 5.41) is 13.4. The predicted molar refractivity (Wildman–Crippen MR) is 112 cm³/mol. The maximum atomic E-state index is 13.4. The van der Waals surface area contributed by atoms with Gasteiger partial charge >= 0.3 is 5.97 Å². The van der Waals surface area contributed by atoms with E-state index in [0.717, 1.165) is 17.4 Å². The van der Waals surface area contributed by atoms with Crippen LogP contribution < -0.4 is 10.7 Å². The number of aromatic carboxylic acids is 1. The Morgan fingerprint density at radius 1 is 1.34 bits per heavy atom. The van der Waals surface area contributed by atoms with E-state index in [-0.39, 0.29) is 11.1 Å². The third kappa shape index (κ3) is 4.12. The third-order valence-electron chi connectivity index (χ3n) is 4.53. The second kappa shape index (κ2) is 8.24. The molecule has 0 aliphatic heterocycles. The van der Waals surface area contributed by atoms with Crippen LogP contribution in [0.3, 0.4) is 0 Å². The molecule has 1 unspecified atom stereocenters. The van der Waals surface area contributed by atoms with Gasteiger partial charge in [-0.25, -0.2) is 9.78 Å². The largest absolute Gasteiger partial charge is 0.476 e. The average Bonchev–Trinajstić information content (AvgIpc) is 2.67. The van der Waals surface area contributed by atoms with E-state index in [1.807, 2.05) is 26.8 Å². The molecule has 152 valence electrons. The van der Waals surface area contributed by atoms with Crippen molar-refractivity contribution in [3.8, 4) is 0 Å². The van der Waals surface area contributed by atoms with Gasteiger partial charge in [0, 0.05) is 11.1 Å². The molecular formula is C21H21FN2O4S. The molecule has 6 nitrogen and oxygen atoms in total. The van der Waals surface area contributed by atoms with E-state index in [1.165, 1.54) is 17.8 Å². The first-order chi connectivity index (χ1) is 13.7. The van der Waals surface area contributed by atoms with Crippen molar-refractivity contribution < 1.29 is 18.7 Å². The van der Waals surface area contributed by atoms with E-state index in [0.29, 0.717) is 27.2 Å². The van der Waals surface area contributed by atoms with Gasteiger partial charge in [-0.05, 0) is 50.3 Å². The number of carboxylic acid groups (broad SMARTS) is 1. The molecular weight excluding hydrogens is 395 g/mol. The fourth-order valence-electron chi connectivity index (χ4n) is 3.16. The molecule has 0 spiro atoms. The Kier molecular flexibility index (Phi) is 5.93. The van der Waals surface area contributed by atoms with Gasteiger partial charge in [0.1, 0.15) is 5.58 Å². The second-order valence-corrected chi connectivity index (χ2v) is 7.95. The van der Waals surface area contributed by atoms with Crippen LogP contribution in [0, 0.1) is 19.8 Å². The summed E-state index contributed by atoms with van der Waals surface area (Å²) in [6, 6.07) is 5.67. The van der Waals surface area contributed by atoms with Crippen molar-refractivity contribution in [1.29, 1.82) is 0 Å². The van der Waals surface area contributed by atoms with Crippen LogP contribution >= 0.6 is 11.8 Å². The van der Waals surface area contributed by atoms with Crippen LogP contribution in [0.1, 0.15) is 47.1 Å².